The lowest BCUT2D eigenvalue weighted by Gasteiger charge is -2.18. The fourth-order valence-electron chi connectivity index (χ4n) is 5.55. The molecule has 0 aromatic heterocycles. The van der Waals surface area contributed by atoms with Crippen LogP contribution >= 0.6 is 0 Å². The van der Waals surface area contributed by atoms with Gasteiger partial charge in [-0.15, -0.1) is 0 Å². The molecule has 11 heteroatoms. The van der Waals surface area contributed by atoms with Crippen molar-refractivity contribution in [2.45, 2.75) is 135 Å². The van der Waals surface area contributed by atoms with Gasteiger partial charge in [0.1, 0.15) is 0 Å². The maximum absolute atomic E-state index is 12.1. The summed E-state index contributed by atoms with van der Waals surface area (Å²) in [6, 6.07) is 3.04. The summed E-state index contributed by atoms with van der Waals surface area (Å²) in [5.41, 5.74) is 0.0872. The number of esters is 3. The van der Waals surface area contributed by atoms with Gasteiger partial charge in [-0.3, -0.25) is 0 Å². The van der Waals surface area contributed by atoms with Gasteiger partial charge in [0.2, 0.25) is 5.75 Å². The van der Waals surface area contributed by atoms with Crippen molar-refractivity contribution in [3.05, 3.63) is 55.7 Å². The van der Waals surface area contributed by atoms with Crippen LogP contribution in [0.25, 0.3) is 0 Å². The molecule has 304 valence electrons. The molecule has 0 fully saturated rings. The molecule has 1 aromatic carbocycles. The first-order chi connectivity index (χ1) is 26.3. The Balaban J connectivity index is 2.61. The lowest BCUT2D eigenvalue weighted by atomic mass is 10.1. The van der Waals surface area contributed by atoms with E-state index in [0.29, 0.717) is 56.9 Å². The van der Waals surface area contributed by atoms with Crippen LogP contribution in [0.15, 0.2) is 50.1 Å². The third-order valence-electron chi connectivity index (χ3n) is 8.63. The highest BCUT2D eigenvalue weighted by atomic mass is 16.5. The van der Waals surface area contributed by atoms with Gasteiger partial charge in [-0.1, -0.05) is 116 Å². The van der Waals surface area contributed by atoms with Crippen molar-refractivity contribution < 1.29 is 52.7 Å². The zero-order valence-corrected chi connectivity index (χ0v) is 32.6. The molecule has 54 heavy (non-hydrogen) atoms. The van der Waals surface area contributed by atoms with Crippen LogP contribution in [0.4, 0.5) is 0 Å². The van der Waals surface area contributed by atoms with Crippen molar-refractivity contribution in [1.29, 1.82) is 0 Å². The van der Waals surface area contributed by atoms with E-state index >= 15 is 0 Å². The van der Waals surface area contributed by atoms with Gasteiger partial charge in [-0.25, -0.2) is 19.2 Å². The fourth-order valence-corrected chi connectivity index (χ4v) is 5.55. The van der Waals surface area contributed by atoms with Gasteiger partial charge in [0.05, 0.1) is 45.2 Å². The zero-order chi connectivity index (χ0) is 39.5. The topological polar surface area (TPSA) is 144 Å². The Kier molecular flexibility index (Phi) is 29.4. The van der Waals surface area contributed by atoms with E-state index in [-0.39, 0.29) is 23.5 Å². The summed E-state index contributed by atoms with van der Waals surface area (Å²) in [4.78, 5) is 45.4. The number of ether oxygens (including phenoxy) is 6. The van der Waals surface area contributed by atoms with Crippen molar-refractivity contribution >= 4 is 23.9 Å². The van der Waals surface area contributed by atoms with Gasteiger partial charge in [0.15, 0.2) is 11.5 Å². The van der Waals surface area contributed by atoms with Gasteiger partial charge in [-0.05, 0) is 50.7 Å². The Morgan fingerprint density at radius 1 is 0.426 bits per heavy atom. The summed E-state index contributed by atoms with van der Waals surface area (Å²) < 4.78 is 33.6. The molecule has 0 heterocycles. The lowest BCUT2D eigenvalue weighted by molar-refractivity contribution is -0.138. The van der Waals surface area contributed by atoms with E-state index in [2.05, 4.69) is 19.7 Å². The SMILES string of the molecule is C=CC(=O)OCCCCCCCCCOc1cc(C(=O)O)cc(OCCCCCCCCCOC(=O)C=C)c1OCCCCCCCCCOC(=O)C=C. The van der Waals surface area contributed by atoms with Crippen molar-refractivity contribution in [1.82, 2.24) is 0 Å². The molecule has 0 bridgehead atoms. The Morgan fingerprint density at radius 2 is 0.685 bits per heavy atom. The van der Waals surface area contributed by atoms with Crippen LogP contribution in [-0.2, 0) is 28.6 Å². The number of rotatable bonds is 37. The van der Waals surface area contributed by atoms with Gasteiger partial charge in [0, 0.05) is 18.2 Å². The number of carboxylic acids is 1. The summed E-state index contributed by atoms with van der Waals surface area (Å²) in [5.74, 6) is -1.00. The van der Waals surface area contributed by atoms with Crippen molar-refractivity contribution in [2.24, 2.45) is 0 Å². The summed E-state index contributed by atoms with van der Waals surface area (Å²) in [6.07, 6.45) is 24.1. The molecule has 0 saturated carbocycles. The van der Waals surface area contributed by atoms with Gasteiger partial charge < -0.3 is 33.5 Å². The van der Waals surface area contributed by atoms with Gasteiger partial charge in [-0.2, -0.15) is 0 Å². The molecule has 0 aliphatic rings. The van der Waals surface area contributed by atoms with Crippen LogP contribution in [0.1, 0.15) is 145 Å². The van der Waals surface area contributed by atoms with Crippen LogP contribution in [0.3, 0.4) is 0 Å². The molecule has 0 saturated heterocycles. The lowest BCUT2D eigenvalue weighted by Crippen LogP contribution is -2.08. The normalized spacial score (nSPS) is 10.6. The molecular formula is C43H66O11. The molecular weight excluding hydrogens is 692 g/mol. The molecule has 0 radical (unpaired) electrons. The molecule has 0 spiro atoms. The zero-order valence-electron chi connectivity index (χ0n) is 32.6. The van der Waals surface area contributed by atoms with Crippen LogP contribution < -0.4 is 14.2 Å². The summed E-state index contributed by atoms with van der Waals surface area (Å²) in [6.45, 7) is 12.8. The molecule has 11 nitrogen and oxygen atoms in total. The number of aromatic carboxylic acids is 1. The second kappa shape index (κ2) is 33.3. The van der Waals surface area contributed by atoms with Crippen molar-refractivity contribution in [3.8, 4) is 17.2 Å². The predicted octanol–water partition coefficient (Wildman–Crippen LogP) is 9.90. The van der Waals surface area contributed by atoms with Crippen LogP contribution in [0.2, 0.25) is 0 Å². The number of benzene rings is 1. The minimum Gasteiger partial charge on any atom is -0.490 e. The van der Waals surface area contributed by atoms with Crippen molar-refractivity contribution in [3.63, 3.8) is 0 Å². The predicted molar refractivity (Wildman–Crippen MR) is 210 cm³/mol. The molecule has 0 unspecified atom stereocenters. The Labute approximate surface area is 323 Å². The summed E-state index contributed by atoms with van der Waals surface area (Å²) in [7, 11) is 0. The quantitative estimate of drug-likeness (QED) is 0.0300. The van der Waals surface area contributed by atoms with E-state index in [1.165, 1.54) is 30.4 Å². The molecule has 0 amide bonds. The van der Waals surface area contributed by atoms with E-state index in [0.717, 1.165) is 135 Å². The minimum absolute atomic E-state index is 0.0872. The Morgan fingerprint density at radius 3 is 0.963 bits per heavy atom. The highest BCUT2D eigenvalue weighted by Gasteiger charge is 2.19. The maximum atomic E-state index is 12.1. The maximum Gasteiger partial charge on any atom is 0.335 e. The smallest absolute Gasteiger partial charge is 0.335 e. The molecule has 0 aliphatic carbocycles. The minimum atomic E-state index is -1.06. The van der Waals surface area contributed by atoms with Crippen LogP contribution in [0.5, 0.6) is 17.2 Å². The van der Waals surface area contributed by atoms with E-state index < -0.39 is 5.97 Å². The van der Waals surface area contributed by atoms with E-state index in [4.69, 9.17) is 28.4 Å². The Hall–Kier alpha value is -4.28. The van der Waals surface area contributed by atoms with Crippen LogP contribution in [-0.4, -0.2) is 68.6 Å². The second-order valence-electron chi connectivity index (χ2n) is 13.2. The molecule has 0 atom stereocenters. The Bertz CT molecular complexity index is 1160. The number of carboxylic acid groups (broad SMARTS) is 1. The average molecular weight is 759 g/mol. The van der Waals surface area contributed by atoms with Crippen LogP contribution in [0, 0.1) is 0 Å². The number of carbonyl (C=O) groups is 4. The molecule has 0 aliphatic heterocycles. The van der Waals surface area contributed by atoms with E-state index in [9.17, 15) is 24.3 Å². The van der Waals surface area contributed by atoms with Crippen molar-refractivity contribution in [2.75, 3.05) is 39.6 Å². The number of hydrogen-bond donors (Lipinski definition) is 1. The molecule has 1 aromatic rings. The standard InChI is InChI=1S/C43H66O11/c1-4-39(44)51-30-24-18-12-7-10-16-22-28-49-37-34-36(43(47)48)35-38(50-29-23-17-11-8-13-19-25-31-52-40(45)5-2)42(37)54-33-27-21-15-9-14-20-26-32-53-41(46)6-3/h4-6,34-35H,1-3,7-33H2,(H,47,48). The number of hydrogen-bond acceptors (Lipinski definition) is 10. The highest BCUT2D eigenvalue weighted by Crippen LogP contribution is 2.39. The summed E-state index contributed by atoms with van der Waals surface area (Å²) in [5, 5.41) is 9.86. The fraction of sp³-hybridized carbons (Fsp3) is 0.628. The first kappa shape index (κ1) is 47.7. The van der Waals surface area contributed by atoms with E-state index in [1.807, 2.05) is 0 Å². The first-order valence-corrected chi connectivity index (χ1v) is 20.0. The first-order valence-electron chi connectivity index (χ1n) is 20.0. The third-order valence-corrected chi connectivity index (χ3v) is 8.63. The molecule has 1 N–H and O–H groups in total. The highest BCUT2D eigenvalue weighted by molar-refractivity contribution is 5.89. The number of unbranched alkanes of at least 4 members (excludes halogenated alkanes) is 18. The molecule has 1 rings (SSSR count). The van der Waals surface area contributed by atoms with Gasteiger partial charge in [0.25, 0.3) is 0 Å². The monoisotopic (exact) mass is 758 g/mol. The third kappa shape index (κ3) is 25.7. The largest absolute Gasteiger partial charge is 0.490 e. The average Bonchev–Trinajstić information content (AvgIpc) is 3.17. The second-order valence-corrected chi connectivity index (χ2v) is 13.2. The van der Waals surface area contributed by atoms with Gasteiger partial charge >= 0.3 is 23.9 Å². The number of carbonyl (C=O) groups excluding carboxylic acids is 3. The van der Waals surface area contributed by atoms with E-state index in [1.54, 1.807) is 0 Å². The summed E-state index contributed by atoms with van der Waals surface area (Å²) >= 11 is 0.